The molecular formula is C18H14ClNO3. The minimum absolute atomic E-state index is 0.241. The third-order valence-electron chi connectivity index (χ3n) is 3.82. The van der Waals surface area contributed by atoms with Gasteiger partial charge < -0.3 is 4.74 Å². The van der Waals surface area contributed by atoms with Crippen LogP contribution >= 0.6 is 11.6 Å². The molecular weight excluding hydrogens is 314 g/mol. The second-order valence-corrected chi connectivity index (χ2v) is 5.73. The molecule has 0 fully saturated rings. The summed E-state index contributed by atoms with van der Waals surface area (Å²) in [5.74, 6) is -0.894. The first-order valence-electron chi connectivity index (χ1n) is 7.08. The highest BCUT2D eigenvalue weighted by Crippen LogP contribution is 2.26. The van der Waals surface area contributed by atoms with Gasteiger partial charge in [-0.05, 0) is 48.4 Å². The number of halogens is 1. The number of amides is 1. The van der Waals surface area contributed by atoms with Crippen molar-refractivity contribution in [3.8, 4) is 5.75 Å². The van der Waals surface area contributed by atoms with Crippen molar-refractivity contribution in [2.75, 3.05) is 7.11 Å². The lowest BCUT2D eigenvalue weighted by Crippen LogP contribution is -2.40. The van der Waals surface area contributed by atoms with Crippen LogP contribution in [-0.2, 0) is 9.59 Å². The van der Waals surface area contributed by atoms with Crippen molar-refractivity contribution in [3.63, 3.8) is 0 Å². The summed E-state index contributed by atoms with van der Waals surface area (Å²) in [5, 5.41) is 1.77. The summed E-state index contributed by atoms with van der Waals surface area (Å²) < 4.78 is 5.16. The molecule has 2 aromatic rings. The van der Waals surface area contributed by atoms with Crippen molar-refractivity contribution >= 4 is 28.9 Å². The quantitative estimate of drug-likeness (QED) is 0.809. The minimum atomic E-state index is -0.908. The van der Waals surface area contributed by atoms with Crippen molar-refractivity contribution in [3.05, 3.63) is 63.6 Å². The van der Waals surface area contributed by atoms with Crippen LogP contribution in [0.1, 0.15) is 12.5 Å². The van der Waals surface area contributed by atoms with E-state index in [1.165, 1.54) is 6.92 Å². The fraction of sp³-hybridized carbons (Fsp3) is 0.167. The van der Waals surface area contributed by atoms with Gasteiger partial charge in [-0.25, -0.2) is 4.99 Å². The molecule has 0 bridgehead atoms. The first kappa shape index (κ1) is 15.4. The smallest absolute Gasteiger partial charge is 0.261 e. The van der Waals surface area contributed by atoms with Gasteiger partial charge in [0.25, 0.3) is 5.91 Å². The monoisotopic (exact) mass is 327 g/mol. The average Bonchev–Trinajstić information content (AvgIpc) is 2.54. The molecule has 0 saturated carbocycles. The highest BCUT2D eigenvalue weighted by molar-refractivity contribution is 6.30. The van der Waals surface area contributed by atoms with Crippen molar-refractivity contribution in [1.82, 2.24) is 0 Å². The molecule has 0 aromatic heterocycles. The molecule has 0 aliphatic carbocycles. The molecule has 1 aliphatic rings. The van der Waals surface area contributed by atoms with Gasteiger partial charge >= 0.3 is 0 Å². The molecule has 4 nitrogen and oxygen atoms in total. The van der Waals surface area contributed by atoms with Crippen LogP contribution in [0.4, 0.5) is 0 Å². The lowest BCUT2D eigenvalue weighted by Gasteiger charge is -2.19. The minimum Gasteiger partial charge on any atom is -0.497 e. The number of ketones is 1. The highest BCUT2D eigenvalue weighted by Gasteiger charge is 2.31. The zero-order chi connectivity index (χ0) is 16.6. The Morgan fingerprint density at radius 3 is 2.48 bits per heavy atom. The molecule has 0 unspecified atom stereocenters. The molecule has 0 saturated heterocycles. The molecule has 116 valence electrons. The van der Waals surface area contributed by atoms with E-state index in [1.54, 1.807) is 37.4 Å². The van der Waals surface area contributed by atoms with Gasteiger partial charge in [-0.3, -0.25) is 9.59 Å². The third-order valence-corrected chi connectivity index (χ3v) is 4.06. The number of nitrogens with zero attached hydrogens (tertiary/aromatic N) is 1. The Morgan fingerprint density at radius 1 is 1.17 bits per heavy atom. The van der Waals surface area contributed by atoms with Gasteiger partial charge in [0, 0.05) is 10.2 Å². The number of ether oxygens (including phenoxy) is 1. The summed E-state index contributed by atoms with van der Waals surface area (Å²) in [5.41, 5.74) is 1.41. The van der Waals surface area contributed by atoms with Gasteiger partial charge in [0.1, 0.15) is 17.5 Å². The standard InChI is InChI=1S/C18H14ClNO3/c1-10(21)16-17(11-3-6-13(23-2)7-4-11)14-9-12(19)5-8-15(14)20-18(16)22/h3-9,16H,1-2H3/t16-/m0/s1. The van der Waals surface area contributed by atoms with Crippen molar-refractivity contribution in [1.29, 1.82) is 0 Å². The zero-order valence-electron chi connectivity index (χ0n) is 12.7. The van der Waals surface area contributed by atoms with Gasteiger partial charge in [0.05, 0.1) is 12.5 Å². The largest absolute Gasteiger partial charge is 0.497 e. The Labute approximate surface area is 138 Å². The maximum absolute atomic E-state index is 12.3. The van der Waals surface area contributed by atoms with Crippen LogP contribution < -0.4 is 15.3 Å². The Bertz CT molecular complexity index is 916. The van der Waals surface area contributed by atoms with Gasteiger partial charge in [-0.2, -0.15) is 0 Å². The normalized spacial score (nSPS) is 16.6. The Balaban J connectivity index is 2.36. The lowest BCUT2D eigenvalue weighted by atomic mass is 9.85. The summed E-state index contributed by atoms with van der Waals surface area (Å²) in [6.45, 7) is 1.40. The topological polar surface area (TPSA) is 55.7 Å². The number of hydrogen-bond donors (Lipinski definition) is 0. The number of fused-ring (bicyclic) bond motifs is 1. The number of rotatable bonds is 3. The van der Waals surface area contributed by atoms with Gasteiger partial charge in [-0.1, -0.05) is 23.7 Å². The fourth-order valence-corrected chi connectivity index (χ4v) is 2.93. The molecule has 1 atom stereocenters. The molecule has 3 rings (SSSR count). The summed E-state index contributed by atoms with van der Waals surface area (Å²) >= 11 is 6.10. The van der Waals surface area contributed by atoms with E-state index in [0.29, 0.717) is 26.9 Å². The summed E-state index contributed by atoms with van der Waals surface area (Å²) in [6.07, 6.45) is 0. The number of hydrogen-bond acceptors (Lipinski definition) is 3. The van der Waals surface area contributed by atoms with Crippen molar-refractivity contribution in [2.45, 2.75) is 6.92 Å². The van der Waals surface area contributed by atoms with Crippen LogP contribution in [0.15, 0.2) is 47.5 Å². The first-order chi connectivity index (χ1) is 11.0. The van der Waals surface area contributed by atoms with Crippen molar-refractivity contribution < 1.29 is 14.3 Å². The molecule has 2 aromatic carbocycles. The molecule has 1 amide bonds. The van der Waals surface area contributed by atoms with E-state index in [0.717, 1.165) is 5.56 Å². The Kier molecular flexibility index (Phi) is 4.01. The molecule has 0 N–H and O–H groups in total. The van der Waals surface area contributed by atoms with Crippen LogP contribution in [0.25, 0.3) is 5.57 Å². The second kappa shape index (κ2) is 5.97. The molecule has 5 heteroatoms. The van der Waals surface area contributed by atoms with Crippen LogP contribution in [0, 0.1) is 5.92 Å². The van der Waals surface area contributed by atoms with E-state index in [2.05, 4.69) is 4.99 Å². The van der Waals surface area contributed by atoms with E-state index < -0.39 is 11.8 Å². The van der Waals surface area contributed by atoms with Crippen LogP contribution in [-0.4, -0.2) is 18.8 Å². The predicted octanol–water partition coefficient (Wildman–Crippen LogP) is 1.91. The van der Waals surface area contributed by atoms with E-state index in [9.17, 15) is 9.59 Å². The number of carbonyl (C=O) groups excluding carboxylic acids is 2. The average molecular weight is 328 g/mol. The second-order valence-electron chi connectivity index (χ2n) is 5.30. The summed E-state index contributed by atoms with van der Waals surface area (Å²) in [4.78, 5) is 28.4. The number of benzene rings is 2. The maximum atomic E-state index is 12.3. The van der Waals surface area contributed by atoms with Crippen LogP contribution in [0.2, 0.25) is 5.02 Å². The van der Waals surface area contributed by atoms with Crippen LogP contribution in [0.5, 0.6) is 5.75 Å². The predicted molar refractivity (Wildman–Crippen MR) is 86.9 cm³/mol. The number of carbonyl (C=O) groups is 2. The number of Topliss-reactive ketones (excluding diaryl/α,β-unsaturated/α-hetero) is 1. The van der Waals surface area contributed by atoms with E-state index in [1.807, 2.05) is 12.1 Å². The fourth-order valence-electron chi connectivity index (χ4n) is 2.75. The van der Waals surface area contributed by atoms with Crippen molar-refractivity contribution in [2.24, 2.45) is 10.9 Å². The third kappa shape index (κ3) is 2.78. The SMILES string of the molecule is COc1ccc(C2=c3cc(Cl)ccc3=NC(=O)[C@H]2C(C)=O)cc1. The Hall–Kier alpha value is -2.46. The van der Waals surface area contributed by atoms with E-state index >= 15 is 0 Å². The Morgan fingerprint density at radius 2 is 1.87 bits per heavy atom. The van der Waals surface area contributed by atoms with E-state index in [-0.39, 0.29) is 5.78 Å². The lowest BCUT2D eigenvalue weighted by molar-refractivity contribution is -0.128. The highest BCUT2D eigenvalue weighted by atomic mass is 35.5. The maximum Gasteiger partial charge on any atom is 0.261 e. The molecule has 1 aliphatic heterocycles. The van der Waals surface area contributed by atoms with Gasteiger partial charge in [0.15, 0.2) is 0 Å². The molecule has 23 heavy (non-hydrogen) atoms. The number of methoxy groups -OCH3 is 1. The van der Waals surface area contributed by atoms with Crippen LogP contribution in [0.3, 0.4) is 0 Å². The molecule has 1 heterocycles. The molecule has 0 spiro atoms. The molecule has 0 radical (unpaired) electrons. The first-order valence-corrected chi connectivity index (χ1v) is 7.46. The van der Waals surface area contributed by atoms with Gasteiger partial charge in [-0.15, -0.1) is 0 Å². The summed E-state index contributed by atoms with van der Waals surface area (Å²) in [6, 6.07) is 12.3. The summed E-state index contributed by atoms with van der Waals surface area (Å²) in [7, 11) is 1.58. The van der Waals surface area contributed by atoms with E-state index in [4.69, 9.17) is 16.3 Å². The van der Waals surface area contributed by atoms with Gasteiger partial charge in [0.2, 0.25) is 0 Å². The zero-order valence-corrected chi connectivity index (χ0v) is 13.4.